The van der Waals surface area contributed by atoms with Crippen molar-refractivity contribution < 1.29 is 19.4 Å². The Morgan fingerprint density at radius 1 is 1.03 bits per heavy atom. The van der Waals surface area contributed by atoms with Gasteiger partial charge in [-0.3, -0.25) is 9.79 Å². The van der Waals surface area contributed by atoms with Crippen molar-refractivity contribution in [3.8, 4) is 17.6 Å². The van der Waals surface area contributed by atoms with E-state index >= 15 is 0 Å². The van der Waals surface area contributed by atoms with Crippen LogP contribution in [-0.4, -0.2) is 30.4 Å². The monoisotopic (exact) mass is 442 g/mol. The van der Waals surface area contributed by atoms with Crippen LogP contribution in [0, 0.1) is 18.3 Å². The van der Waals surface area contributed by atoms with Gasteiger partial charge < -0.3 is 14.6 Å². The predicted molar refractivity (Wildman–Crippen MR) is 127 cm³/mol. The van der Waals surface area contributed by atoms with Gasteiger partial charge in [-0.25, -0.2) is 0 Å². The Morgan fingerprint density at radius 2 is 1.73 bits per heavy atom. The summed E-state index contributed by atoms with van der Waals surface area (Å²) in [6.45, 7) is 2.61. The SMILES string of the molecule is CN=C(COc1ccc(COc2ccc(C(C#N)CC(=O)O)c(C)c2)cc1)c1ccccc1. The summed E-state index contributed by atoms with van der Waals surface area (Å²) < 4.78 is 11.8. The van der Waals surface area contributed by atoms with Crippen molar-refractivity contribution in [2.24, 2.45) is 4.99 Å². The second-order valence-corrected chi connectivity index (χ2v) is 7.56. The normalized spacial score (nSPS) is 12.0. The Balaban J connectivity index is 1.56. The van der Waals surface area contributed by atoms with Gasteiger partial charge in [-0.1, -0.05) is 48.5 Å². The smallest absolute Gasteiger partial charge is 0.305 e. The molecule has 33 heavy (non-hydrogen) atoms. The predicted octanol–water partition coefficient (Wildman–Crippen LogP) is 5.15. The third kappa shape index (κ3) is 6.68. The van der Waals surface area contributed by atoms with Gasteiger partial charge in [0.25, 0.3) is 0 Å². The molecule has 0 aliphatic carbocycles. The number of aliphatic carboxylic acids is 1. The standard InChI is InChI=1S/C27H26N2O4/c1-19-14-24(12-13-25(19)22(16-28)15-27(30)31)32-17-20-8-10-23(11-9-20)33-18-26(29-2)21-6-4-3-5-7-21/h3-14,22H,15,17-18H2,1-2H3,(H,30,31). The second-order valence-electron chi connectivity index (χ2n) is 7.56. The van der Waals surface area contributed by atoms with Crippen LogP contribution in [0.15, 0.2) is 77.8 Å². The van der Waals surface area contributed by atoms with Gasteiger partial charge in [0.15, 0.2) is 0 Å². The number of nitrogens with zero attached hydrogens (tertiary/aromatic N) is 2. The summed E-state index contributed by atoms with van der Waals surface area (Å²) in [5.74, 6) is -0.261. The fourth-order valence-corrected chi connectivity index (χ4v) is 3.44. The molecule has 1 atom stereocenters. The summed E-state index contributed by atoms with van der Waals surface area (Å²) in [6.07, 6.45) is -0.219. The van der Waals surface area contributed by atoms with Crippen LogP contribution in [0.1, 0.15) is 34.6 Å². The zero-order chi connectivity index (χ0) is 23.6. The van der Waals surface area contributed by atoms with Crippen molar-refractivity contribution in [3.05, 3.63) is 95.1 Å². The maximum atomic E-state index is 11.0. The van der Waals surface area contributed by atoms with Crippen molar-refractivity contribution >= 4 is 11.7 Å². The van der Waals surface area contributed by atoms with E-state index in [-0.39, 0.29) is 6.42 Å². The number of hydrogen-bond donors (Lipinski definition) is 1. The van der Waals surface area contributed by atoms with E-state index < -0.39 is 11.9 Å². The Bertz CT molecular complexity index is 1150. The molecule has 1 N–H and O–H groups in total. The number of carbonyl (C=O) groups is 1. The number of carboxylic acid groups (broad SMARTS) is 1. The molecular weight excluding hydrogens is 416 g/mol. The largest absolute Gasteiger partial charge is 0.489 e. The second kappa shape index (κ2) is 11.5. The van der Waals surface area contributed by atoms with E-state index in [0.29, 0.717) is 24.5 Å². The number of carboxylic acids is 1. The highest BCUT2D eigenvalue weighted by Gasteiger charge is 2.17. The summed E-state index contributed by atoms with van der Waals surface area (Å²) in [6, 6.07) is 25.0. The summed E-state index contributed by atoms with van der Waals surface area (Å²) >= 11 is 0. The summed E-state index contributed by atoms with van der Waals surface area (Å²) in [4.78, 5) is 15.3. The average molecular weight is 443 g/mol. The molecule has 6 heteroatoms. The topological polar surface area (TPSA) is 91.9 Å². The Morgan fingerprint density at radius 3 is 2.33 bits per heavy atom. The summed E-state index contributed by atoms with van der Waals surface area (Å²) in [5, 5.41) is 18.3. The van der Waals surface area contributed by atoms with Crippen molar-refractivity contribution in [2.75, 3.05) is 13.7 Å². The van der Waals surface area contributed by atoms with Crippen LogP contribution in [0.3, 0.4) is 0 Å². The lowest BCUT2D eigenvalue weighted by Crippen LogP contribution is -2.12. The third-order valence-electron chi connectivity index (χ3n) is 5.23. The third-order valence-corrected chi connectivity index (χ3v) is 5.23. The van der Waals surface area contributed by atoms with Crippen LogP contribution in [-0.2, 0) is 11.4 Å². The first kappa shape index (κ1) is 23.6. The molecule has 3 aromatic rings. The summed E-state index contributed by atoms with van der Waals surface area (Å²) in [5.41, 5.74) is 4.44. The first-order valence-electron chi connectivity index (χ1n) is 10.6. The van der Waals surface area contributed by atoms with Crippen LogP contribution in [0.2, 0.25) is 0 Å². The number of hydrogen-bond acceptors (Lipinski definition) is 5. The van der Waals surface area contributed by atoms with E-state index in [1.165, 1.54) is 0 Å². The molecule has 0 heterocycles. The van der Waals surface area contributed by atoms with Crippen LogP contribution >= 0.6 is 0 Å². The lowest BCUT2D eigenvalue weighted by atomic mass is 9.93. The van der Waals surface area contributed by atoms with Crippen molar-refractivity contribution in [3.63, 3.8) is 0 Å². The van der Waals surface area contributed by atoms with Gasteiger partial charge in [0.05, 0.1) is 24.1 Å². The minimum atomic E-state index is -0.994. The minimum absolute atomic E-state index is 0.219. The Kier molecular flexibility index (Phi) is 8.20. The molecule has 3 aromatic carbocycles. The molecule has 0 aromatic heterocycles. The fourth-order valence-electron chi connectivity index (χ4n) is 3.44. The molecule has 3 rings (SSSR count). The molecule has 0 radical (unpaired) electrons. The number of nitriles is 1. The first-order valence-corrected chi connectivity index (χ1v) is 10.6. The van der Waals surface area contributed by atoms with Crippen LogP contribution in [0.4, 0.5) is 0 Å². The first-order chi connectivity index (χ1) is 16.0. The quantitative estimate of drug-likeness (QED) is 0.438. The van der Waals surface area contributed by atoms with Gasteiger partial charge in [-0.05, 0) is 53.4 Å². The molecule has 0 saturated heterocycles. The number of aryl methyl sites for hydroxylation is 1. The highest BCUT2D eigenvalue weighted by atomic mass is 16.5. The molecule has 0 amide bonds. The van der Waals surface area contributed by atoms with E-state index in [2.05, 4.69) is 11.1 Å². The van der Waals surface area contributed by atoms with Gasteiger partial charge in [-0.15, -0.1) is 0 Å². The zero-order valence-corrected chi connectivity index (χ0v) is 18.7. The Labute approximate surface area is 193 Å². The molecule has 1 unspecified atom stereocenters. The number of ether oxygens (including phenoxy) is 2. The molecule has 168 valence electrons. The van der Waals surface area contributed by atoms with E-state index in [9.17, 15) is 10.1 Å². The van der Waals surface area contributed by atoms with Crippen LogP contribution in [0.25, 0.3) is 0 Å². The molecule has 6 nitrogen and oxygen atoms in total. The van der Waals surface area contributed by atoms with Gasteiger partial charge in [0, 0.05) is 7.05 Å². The van der Waals surface area contributed by atoms with Gasteiger partial charge in [0.2, 0.25) is 0 Å². The summed E-state index contributed by atoms with van der Waals surface area (Å²) in [7, 11) is 1.76. The number of aliphatic imine (C=N–C) groups is 1. The molecule has 0 spiro atoms. The van der Waals surface area contributed by atoms with Crippen molar-refractivity contribution in [1.29, 1.82) is 5.26 Å². The van der Waals surface area contributed by atoms with Gasteiger partial charge in [-0.2, -0.15) is 5.26 Å². The molecule has 0 saturated carbocycles. The molecule has 0 aliphatic rings. The fraction of sp³-hybridized carbons (Fsp3) is 0.222. The maximum Gasteiger partial charge on any atom is 0.305 e. The maximum absolute atomic E-state index is 11.0. The number of benzene rings is 3. The van der Waals surface area contributed by atoms with E-state index in [4.69, 9.17) is 14.6 Å². The van der Waals surface area contributed by atoms with E-state index in [1.54, 1.807) is 19.2 Å². The van der Waals surface area contributed by atoms with Gasteiger partial charge >= 0.3 is 5.97 Å². The number of rotatable bonds is 10. The highest BCUT2D eigenvalue weighted by molar-refractivity contribution is 6.01. The van der Waals surface area contributed by atoms with Crippen LogP contribution < -0.4 is 9.47 Å². The molecule has 0 bridgehead atoms. The lowest BCUT2D eigenvalue weighted by Gasteiger charge is -2.13. The lowest BCUT2D eigenvalue weighted by molar-refractivity contribution is -0.137. The van der Waals surface area contributed by atoms with Crippen molar-refractivity contribution in [1.82, 2.24) is 0 Å². The van der Waals surface area contributed by atoms with E-state index in [1.807, 2.05) is 67.6 Å². The minimum Gasteiger partial charge on any atom is -0.489 e. The highest BCUT2D eigenvalue weighted by Crippen LogP contribution is 2.26. The molecular formula is C27H26N2O4. The van der Waals surface area contributed by atoms with Gasteiger partial charge in [0.1, 0.15) is 24.7 Å². The Hall–Kier alpha value is -4.11. The van der Waals surface area contributed by atoms with Crippen molar-refractivity contribution in [2.45, 2.75) is 25.9 Å². The van der Waals surface area contributed by atoms with Crippen LogP contribution in [0.5, 0.6) is 11.5 Å². The average Bonchev–Trinajstić information content (AvgIpc) is 2.83. The molecule has 0 aliphatic heterocycles. The molecule has 0 fully saturated rings. The van der Waals surface area contributed by atoms with E-state index in [0.717, 1.165) is 28.2 Å². The zero-order valence-electron chi connectivity index (χ0n) is 18.7.